The zero-order valence-electron chi connectivity index (χ0n) is 13.0. The van der Waals surface area contributed by atoms with Crippen molar-refractivity contribution in [3.63, 3.8) is 0 Å². The molecular weight excluding hydrogens is 264 g/mol. The summed E-state index contributed by atoms with van der Waals surface area (Å²) in [6.45, 7) is 8.97. The van der Waals surface area contributed by atoms with E-state index in [1.807, 2.05) is 39.5 Å². The molecule has 0 amide bonds. The third kappa shape index (κ3) is 3.05. The van der Waals surface area contributed by atoms with Gasteiger partial charge >= 0.3 is 0 Å². The van der Waals surface area contributed by atoms with Crippen LogP contribution in [0.5, 0.6) is 0 Å². The predicted molar refractivity (Wildman–Crippen MR) is 82.2 cm³/mol. The largest absolute Gasteiger partial charge is 0.353 e. The van der Waals surface area contributed by atoms with Crippen LogP contribution < -0.4 is 4.90 Å². The molecule has 112 valence electrons. The van der Waals surface area contributed by atoms with Crippen LogP contribution in [-0.2, 0) is 13.6 Å². The van der Waals surface area contributed by atoms with E-state index in [2.05, 4.69) is 29.3 Å². The van der Waals surface area contributed by atoms with Crippen LogP contribution >= 0.6 is 0 Å². The summed E-state index contributed by atoms with van der Waals surface area (Å²) in [7, 11) is 2.05. The second-order valence-corrected chi connectivity index (χ2v) is 5.64. The quantitative estimate of drug-likeness (QED) is 0.847. The summed E-state index contributed by atoms with van der Waals surface area (Å²) in [4.78, 5) is 18.2. The van der Waals surface area contributed by atoms with E-state index >= 15 is 0 Å². The second-order valence-electron chi connectivity index (χ2n) is 5.64. The molecule has 0 aliphatic carbocycles. The summed E-state index contributed by atoms with van der Waals surface area (Å²) < 4.78 is 2.09. The summed E-state index contributed by atoms with van der Waals surface area (Å²) >= 11 is 0. The maximum atomic E-state index is 4.64. The van der Waals surface area contributed by atoms with Crippen LogP contribution in [0.25, 0.3) is 0 Å². The number of hydrogen-bond donors (Lipinski definition) is 0. The molecule has 0 unspecified atom stereocenters. The molecular formula is C15H22N6. The Hall–Kier alpha value is -1.95. The van der Waals surface area contributed by atoms with Crippen molar-refractivity contribution in [3.8, 4) is 0 Å². The van der Waals surface area contributed by atoms with E-state index in [1.165, 1.54) is 0 Å². The molecule has 2 aromatic heterocycles. The van der Waals surface area contributed by atoms with Crippen molar-refractivity contribution in [3.05, 3.63) is 35.8 Å². The zero-order valence-corrected chi connectivity index (χ0v) is 13.0. The van der Waals surface area contributed by atoms with Crippen LogP contribution in [0.15, 0.2) is 18.6 Å². The molecule has 6 nitrogen and oxygen atoms in total. The first-order chi connectivity index (χ1) is 10.1. The molecule has 0 N–H and O–H groups in total. The summed E-state index contributed by atoms with van der Waals surface area (Å²) in [5.41, 5.74) is 1.99. The SMILES string of the molecule is Cc1cnc(C)c(N2CCN(Cc3nccn3C)CC2)n1. The first-order valence-corrected chi connectivity index (χ1v) is 7.37. The van der Waals surface area contributed by atoms with E-state index in [-0.39, 0.29) is 0 Å². The molecule has 0 saturated carbocycles. The van der Waals surface area contributed by atoms with Gasteiger partial charge in [0.05, 0.1) is 17.9 Å². The van der Waals surface area contributed by atoms with Crippen LogP contribution in [0.2, 0.25) is 0 Å². The van der Waals surface area contributed by atoms with Gasteiger partial charge in [-0.05, 0) is 13.8 Å². The van der Waals surface area contributed by atoms with Gasteiger partial charge in [0, 0.05) is 51.8 Å². The molecule has 0 radical (unpaired) electrons. The standard InChI is InChI=1S/C15H22N6/c1-12-10-17-13(2)15(18-12)21-8-6-20(7-9-21)11-14-16-4-5-19(14)3/h4-5,10H,6-9,11H2,1-3H3. The van der Waals surface area contributed by atoms with Crippen LogP contribution in [0.3, 0.4) is 0 Å². The minimum absolute atomic E-state index is 0.913. The van der Waals surface area contributed by atoms with Crippen molar-refractivity contribution in [1.29, 1.82) is 0 Å². The number of rotatable bonds is 3. The van der Waals surface area contributed by atoms with Crippen LogP contribution in [0.1, 0.15) is 17.2 Å². The first-order valence-electron chi connectivity index (χ1n) is 7.37. The normalized spacial score (nSPS) is 16.4. The van der Waals surface area contributed by atoms with E-state index in [9.17, 15) is 0 Å². The first kappa shape index (κ1) is 14.0. The van der Waals surface area contributed by atoms with E-state index in [1.54, 1.807) is 0 Å². The highest BCUT2D eigenvalue weighted by Crippen LogP contribution is 2.18. The average Bonchev–Trinajstić information content (AvgIpc) is 2.88. The number of hydrogen-bond acceptors (Lipinski definition) is 5. The molecule has 6 heteroatoms. The molecule has 2 aromatic rings. The summed E-state index contributed by atoms with van der Waals surface area (Å²) in [5, 5.41) is 0. The Bertz CT molecular complexity index is 612. The van der Waals surface area contributed by atoms with E-state index in [4.69, 9.17) is 0 Å². The highest BCUT2D eigenvalue weighted by molar-refractivity contribution is 5.43. The molecule has 3 heterocycles. The molecule has 1 fully saturated rings. The number of piperazine rings is 1. The predicted octanol–water partition coefficient (Wildman–Crippen LogP) is 1.15. The molecule has 3 rings (SSSR count). The third-order valence-electron chi connectivity index (χ3n) is 4.01. The topological polar surface area (TPSA) is 50.1 Å². The van der Waals surface area contributed by atoms with Gasteiger partial charge in [0.1, 0.15) is 11.6 Å². The highest BCUT2D eigenvalue weighted by atomic mass is 15.3. The summed E-state index contributed by atoms with van der Waals surface area (Å²) in [5.74, 6) is 2.15. The molecule has 0 bridgehead atoms. The van der Waals surface area contributed by atoms with Crippen molar-refractivity contribution >= 4 is 5.82 Å². The van der Waals surface area contributed by atoms with Crippen LogP contribution in [-0.4, -0.2) is 50.6 Å². The minimum atomic E-state index is 0.913. The van der Waals surface area contributed by atoms with Gasteiger partial charge in [0.25, 0.3) is 0 Å². The number of aryl methyl sites for hydroxylation is 3. The van der Waals surface area contributed by atoms with Gasteiger partial charge in [-0.2, -0.15) is 0 Å². The monoisotopic (exact) mass is 286 g/mol. The molecule has 0 aromatic carbocycles. The van der Waals surface area contributed by atoms with Crippen LogP contribution in [0, 0.1) is 13.8 Å². The summed E-state index contributed by atoms with van der Waals surface area (Å²) in [6.07, 6.45) is 5.69. The maximum absolute atomic E-state index is 4.64. The fraction of sp³-hybridized carbons (Fsp3) is 0.533. The Labute approximate surface area is 125 Å². The van der Waals surface area contributed by atoms with Crippen molar-refractivity contribution < 1.29 is 0 Å². The highest BCUT2D eigenvalue weighted by Gasteiger charge is 2.20. The number of imidazole rings is 1. The van der Waals surface area contributed by atoms with Crippen molar-refractivity contribution in [1.82, 2.24) is 24.4 Å². The van der Waals surface area contributed by atoms with Crippen molar-refractivity contribution in [2.45, 2.75) is 20.4 Å². The molecule has 1 saturated heterocycles. The minimum Gasteiger partial charge on any atom is -0.353 e. The van der Waals surface area contributed by atoms with E-state index < -0.39 is 0 Å². The maximum Gasteiger partial charge on any atom is 0.150 e. The Morgan fingerprint density at radius 2 is 1.86 bits per heavy atom. The lowest BCUT2D eigenvalue weighted by Crippen LogP contribution is -2.46. The zero-order chi connectivity index (χ0) is 14.8. The van der Waals surface area contributed by atoms with E-state index in [0.29, 0.717) is 0 Å². The molecule has 1 aliphatic heterocycles. The lowest BCUT2D eigenvalue weighted by molar-refractivity contribution is 0.241. The van der Waals surface area contributed by atoms with Crippen molar-refractivity contribution in [2.24, 2.45) is 7.05 Å². The van der Waals surface area contributed by atoms with Gasteiger partial charge in [0.2, 0.25) is 0 Å². The lowest BCUT2D eigenvalue weighted by atomic mass is 10.3. The fourth-order valence-electron chi connectivity index (χ4n) is 2.69. The van der Waals surface area contributed by atoms with Gasteiger partial charge in [-0.3, -0.25) is 9.88 Å². The summed E-state index contributed by atoms with van der Waals surface area (Å²) in [6, 6.07) is 0. The van der Waals surface area contributed by atoms with E-state index in [0.717, 1.165) is 55.8 Å². The van der Waals surface area contributed by atoms with Gasteiger partial charge in [-0.25, -0.2) is 9.97 Å². The Kier molecular flexibility index (Phi) is 3.88. The number of nitrogens with zero attached hydrogens (tertiary/aromatic N) is 6. The van der Waals surface area contributed by atoms with Gasteiger partial charge in [-0.15, -0.1) is 0 Å². The Morgan fingerprint density at radius 3 is 2.52 bits per heavy atom. The Balaban J connectivity index is 1.62. The van der Waals surface area contributed by atoms with Crippen LogP contribution in [0.4, 0.5) is 5.82 Å². The lowest BCUT2D eigenvalue weighted by Gasteiger charge is -2.35. The third-order valence-corrected chi connectivity index (χ3v) is 4.01. The van der Waals surface area contributed by atoms with Crippen molar-refractivity contribution in [2.75, 3.05) is 31.1 Å². The average molecular weight is 286 g/mol. The Morgan fingerprint density at radius 1 is 1.10 bits per heavy atom. The molecule has 1 aliphatic rings. The molecule has 0 atom stereocenters. The molecule has 0 spiro atoms. The molecule has 21 heavy (non-hydrogen) atoms. The number of aromatic nitrogens is 4. The van der Waals surface area contributed by atoms with Gasteiger partial charge < -0.3 is 9.47 Å². The fourth-order valence-corrected chi connectivity index (χ4v) is 2.69. The van der Waals surface area contributed by atoms with Gasteiger partial charge in [-0.1, -0.05) is 0 Å². The number of anilines is 1. The van der Waals surface area contributed by atoms with Gasteiger partial charge in [0.15, 0.2) is 0 Å². The smallest absolute Gasteiger partial charge is 0.150 e. The second kappa shape index (κ2) is 5.81.